The van der Waals surface area contributed by atoms with Gasteiger partial charge < -0.3 is 9.84 Å². The van der Waals surface area contributed by atoms with Crippen LogP contribution < -0.4 is 4.74 Å². The van der Waals surface area contributed by atoms with Crippen LogP contribution in [0.4, 0.5) is 0 Å². The van der Waals surface area contributed by atoms with Crippen molar-refractivity contribution in [1.29, 1.82) is 0 Å². The predicted molar refractivity (Wildman–Crippen MR) is 81.4 cm³/mol. The average molecular weight is 368 g/mol. The van der Waals surface area contributed by atoms with Gasteiger partial charge in [0, 0.05) is 9.99 Å². The van der Waals surface area contributed by atoms with E-state index in [1.54, 1.807) is 12.1 Å². The zero-order chi connectivity index (χ0) is 13.7. The van der Waals surface area contributed by atoms with Gasteiger partial charge in [-0.25, -0.2) is 4.79 Å². The molecule has 0 fully saturated rings. The van der Waals surface area contributed by atoms with Gasteiger partial charge in [0.15, 0.2) is 6.10 Å². The second-order valence-electron chi connectivity index (χ2n) is 4.09. The van der Waals surface area contributed by atoms with Crippen molar-refractivity contribution < 1.29 is 14.6 Å². The van der Waals surface area contributed by atoms with Gasteiger partial charge >= 0.3 is 5.97 Å². The minimum atomic E-state index is -0.956. The molecular weight excluding hydrogens is 355 g/mol. The number of ether oxygens (including phenoxy) is 1. The second-order valence-corrected chi connectivity index (χ2v) is 5.33. The Morgan fingerprint density at radius 3 is 2.32 bits per heavy atom. The van der Waals surface area contributed by atoms with Crippen LogP contribution in [0.5, 0.6) is 5.75 Å². The molecule has 0 aliphatic rings. The van der Waals surface area contributed by atoms with Gasteiger partial charge in [0.05, 0.1) is 0 Å². The van der Waals surface area contributed by atoms with Gasteiger partial charge in [0.2, 0.25) is 0 Å². The summed E-state index contributed by atoms with van der Waals surface area (Å²) in [5, 5.41) is 9.22. The van der Waals surface area contributed by atoms with Crippen LogP contribution in [-0.2, 0) is 11.2 Å². The molecule has 0 amide bonds. The molecule has 2 rings (SSSR count). The van der Waals surface area contributed by atoms with Crippen molar-refractivity contribution in [3.63, 3.8) is 0 Å². The summed E-state index contributed by atoms with van der Waals surface area (Å²) in [5.74, 6) is -0.386. The van der Waals surface area contributed by atoms with Crippen molar-refractivity contribution in [2.75, 3.05) is 0 Å². The number of hydrogen-bond acceptors (Lipinski definition) is 2. The molecule has 0 heterocycles. The van der Waals surface area contributed by atoms with E-state index < -0.39 is 12.1 Å². The van der Waals surface area contributed by atoms with E-state index in [-0.39, 0.29) is 0 Å². The molecular formula is C15H13IO3. The molecule has 1 atom stereocenters. The highest BCUT2D eigenvalue weighted by molar-refractivity contribution is 14.1. The lowest BCUT2D eigenvalue weighted by Gasteiger charge is -2.15. The van der Waals surface area contributed by atoms with Crippen molar-refractivity contribution in [2.45, 2.75) is 12.5 Å². The Hall–Kier alpha value is -1.56. The average Bonchev–Trinajstić information content (AvgIpc) is 2.41. The number of para-hydroxylation sites is 1. The van der Waals surface area contributed by atoms with E-state index in [1.807, 2.05) is 42.5 Å². The number of rotatable bonds is 5. The molecule has 2 aromatic carbocycles. The first kappa shape index (κ1) is 13.9. The summed E-state index contributed by atoms with van der Waals surface area (Å²) in [6, 6.07) is 16.8. The van der Waals surface area contributed by atoms with Gasteiger partial charge in [-0.3, -0.25) is 0 Å². The van der Waals surface area contributed by atoms with E-state index in [0.717, 1.165) is 9.13 Å². The van der Waals surface area contributed by atoms with Crippen LogP contribution in [0.25, 0.3) is 0 Å². The molecule has 0 aliphatic heterocycles. The Morgan fingerprint density at radius 2 is 1.74 bits per heavy atom. The lowest BCUT2D eigenvalue weighted by Crippen LogP contribution is -2.29. The number of carbonyl (C=O) groups is 1. The largest absolute Gasteiger partial charge is 0.478 e. The second kappa shape index (κ2) is 6.56. The fourth-order valence-corrected chi connectivity index (χ4v) is 2.04. The maximum Gasteiger partial charge on any atom is 0.345 e. The topological polar surface area (TPSA) is 46.5 Å². The molecule has 3 nitrogen and oxygen atoms in total. The number of benzene rings is 2. The number of aliphatic carboxylic acids is 1. The standard InChI is InChI=1S/C15H13IO3/c16-12-8-6-11(7-9-12)10-14(15(17)18)19-13-4-2-1-3-5-13/h1-9,14H,10H2,(H,17,18). The highest BCUT2D eigenvalue weighted by atomic mass is 127. The van der Waals surface area contributed by atoms with Gasteiger partial charge in [-0.05, 0) is 52.4 Å². The van der Waals surface area contributed by atoms with Crippen LogP contribution in [0.2, 0.25) is 0 Å². The monoisotopic (exact) mass is 368 g/mol. The molecule has 1 unspecified atom stereocenters. The predicted octanol–water partition coefficient (Wildman–Crippen LogP) is 3.37. The lowest BCUT2D eigenvalue weighted by molar-refractivity contribution is -0.145. The molecule has 0 spiro atoms. The van der Waals surface area contributed by atoms with E-state index in [9.17, 15) is 9.90 Å². The molecule has 98 valence electrons. The summed E-state index contributed by atoms with van der Waals surface area (Å²) >= 11 is 2.21. The molecule has 19 heavy (non-hydrogen) atoms. The van der Waals surface area contributed by atoms with Crippen LogP contribution in [0.3, 0.4) is 0 Å². The Bertz CT molecular complexity index is 537. The van der Waals surface area contributed by atoms with Gasteiger partial charge in [0.25, 0.3) is 0 Å². The van der Waals surface area contributed by atoms with E-state index in [0.29, 0.717) is 12.2 Å². The quantitative estimate of drug-likeness (QED) is 0.824. The fourth-order valence-electron chi connectivity index (χ4n) is 1.68. The Balaban J connectivity index is 2.08. The van der Waals surface area contributed by atoms with E-state index in [4.69, 9.17) is 4.74 Å². The summed E-state index contributed by atoms with van der Waals surface area (Å²) < 4.78 is 6.63. The smallest absolute Gasteiger partial charge is 0.345 e. The first-order chi connectivity index (χ1) is 9.15. The first-order valence-corrected chi connectivity index (χ1v) is 6.92. The van der Waals surface area contributed by atoms with Crippen LogP contribution in [0.15, 0.2) is 54.6 Å². The Morgan fingerprint density at radius 1 is 1.11 bits per heavy atom. The molecule has 2 aromatic rings. The van der Waals surface area contributed by atoms with Crippen LogP contribution >= 0.6 is 22.6 Å². The number of carboxylic acid groups (broad SMARTS) is 1. The summed E-state index contributed by atoms with van der Waals surface area (Å²) in [7, 11) is 0. The number of carboxylic acids is 1. The van der Waals surface area contributed by atoms with Crippen LogP contribution in [-0.4, -0.2) is 17.2 Å². The molecule has 0 saturated heterocycles. The Labute approximate surface area is 125 Å². The van der Waals surface area contributed by atoms with Crippen LogP contribution in [0, 0.1) is 3.57 Å². The lowest BCUT2D eigenvalue weighted by atomic mass is 10.1. The zero-order valence-electron chi connectivity index (χ0n) is 10.1. The molecule has 0 bridgehead atoms. The van der Waals surface area contributed by atoms with Gasteiger partial charge in [0.1, 0.15) is 5.75 Å². The SMILES string of the molecule is O=C(O)C(Cc1ccc(I)cc1)Oc1ccccc1. The summed E-state index contributed by atoms with van der Waals surface area (Å²) in [6.45, 7) is 0. The molecule has 0 radical (unpaired) electrons. The van der Waals surface area contributed by atoms with Crippen molar-refractivity contribution in [3.05, 3.63) is 63.7 Å². The van der Waals surface area contributed by atoms with Gasteiger partial charge in [-0.1, -0.05) is 30.3 Å². The Kier molecular flexibility index (Phi) is 4.79. The highest BCUT2D eigenvalue weighted by Crippen LogP contribution is 2.15. The van der Waals surface area contributed by atoms with Crippen molar-refractivity contribution >= 4 is 28.6 Å². The minimum absolute atomic E-state index is 0.348. The van der Waals surface area contributed by atoms with E-state index >= 15 is 0 Å². The molecule has 0 aliphatic carbocycles. The summed E-state index contributed by atoms with van der Waals surface area (Å²) in [6.07, 6.45) is -0.524. The first-order valence-electron chi connectivity index (χ1n) is 5.84. The third-order valence-corrected chi connectivity index (χ3v) is 3.35. The third kappa shape index (κ3) is 4.24. The number of hydrogen-bond donors (Lipinski definition) is 1. The summed E-state index contributed by atoms with van der Waals surface area (Å²) in [5.41, 5.74) is 0.948. The maximum absolute atomic E-state index is 11.2. The minimum Gasteiger partial charge on any atom is -0.478 e. The summed E-state index contributed by atoms with van der Waals surface area (Å²) in [4.78, 5) is 11.2. The highest BCUT2D eigenvalue weighted by Gasteiger charge is 2.19. The van der Waals surface area contributed by atoms with E-state index in [1.165, 1.54) is 0 Å². The normalized spacial score (nSPS) is 11.8. The molecule has 1 N–H and O–H groups in total. The zero-order valence-corrected chi connectivity index (χ0v) is 12.3. The number of halogens is 1. The van der Waals surface area contributed by atoms with Crippen molar-refractivity contribution in [3.8, 4) is 5.75 Å². The van der Waals surface area contributed by atoms with E-state index in [2.05, 4.69) is 22.6 Å². The van der Waals surface area contributed by atoms with Crippen molar-refractivity contribution in [2.24, 2.45) is 0 Å². The van der Waals surface area contributed by atoms with Crippen molar-refractivity contribution in [1.82, 2.24) is 0 Å². The molecule has 0 saturated carbocycles. The van der Waals surface area contributed by atoms with Gasteiger partial charge in [-0.2, -0.15) is 0 Å². The van der Waals surface area contributed by atoms with Gasteiger partial charge in [-0.15, -0.1) is 0 Å². The maximum atomic E-state index is 11.2. The fraction of sp³-hybridized carbons (Fsp3) is 0.133. The molecule has 0 aromatic heterocycles. The molecule has 4 heteroatoms. The van der Waals surface area contributed by atoms with Crippen LogP contribution in [0.1, 0.15) is 5.56 Å². The third-order valence-electron chi connectivity index (χ3n) is 2.63.